The molecule has 1 saturated heterocycles. The molecule has 0 bridgehead atoms. The van der Waals surface area contributed by atoms with E-state index in [1.165, 1.54) is 7.11 Å². The minimum absolute atomic E-state index is 0.00616. The third kappa shape index (κ3) is 1.95. The van der Waals surface area contributed by atoms with Crippen molar-refractivity contribution >= 4 is 0 Å². The number of rotatable bonds is 2. The Morgan fingerprint density at radius 1 is 1.50 bits per heavy atom. The van der Waals surface area contributed by atoms with Crippen molar-refractivity contribution in [1.82, 2.24) is 0 Å². The van der Waals surface area contributed by atoms with Crippen LogP contribution in [0.4, 0.5) is 0 Å². The molecule has 4 nitrogen and oxygen atoms in total. The van der Waals surface area contributed by atoms with Crippen molar-refractivity contribution in [2.24, 2.45) is 0 Å². The van der Waals surface area contributed by atoms with Crippen LogP contribution in [0, 0.1) is 0 Å². The second-order valence-corrected chi connectivity index (χ2v) is 3.06. The Morgan fingerprint density at radius 3 is 2.67 bits per heavy atom. The number of aliphatic hydroxyl groups is 2. The second kappa shape index (κ2) is 4.18. The van der Waals surface area contributed by atoms with Gasteiger partial charge in [0.2, 0.25) is 0 Å². The van der Waals surface area contributed by atoms with Gasteiger partial charge in [0.25, 0.3) is 0 Å². The fraction of sp³-hybridized carbons (Fsp3) is 1.00. The van der Waals surface area contributed by atoms with E-state index >= 15 is 0 Å². The monoisotopic (exact) mass is 176 g/mol. The van der Waals surface area contributed by atoms with Gasteiger partial charge in [0.15, 0.2) is 6.29 Å². The molecular weight excluding hydrogens is 160 g/mol. The molecule has 0 aromatic rings. The predicted molar refractivity (Wildman–Crippen MR) is 42.6 cm³/mol. The van der Waals surface area contributed by atoms with Gasteiger partial charge in [-0.25, -0.2) is 0 Å². The first-order chi connectivity index (χ1) is 5.69. The summed E-state index contributed by atoms with van der Waals surface area (Å²) in [6.45, 7) is 1.97. The van der Waals surface area contributed by atoms with E-state index in [0.29, 0.717) is 6.42 Å². The first-order valence-corrected chi connectivity index (χ1v) is 4.23. The van der Waals surface area contributed by atoms with E-state index in [1.54, 1.807) is 0 Å². The van der Waals surface area contributed by atoms with Crippen LogP contribution in [-0.2, 0) is 9.47 Å². The first kappa shape index (κ1) is 9.92. The van der Waals surface area contributed by atoms with Crippen LogP contribution in [0.3, 0.4) is 0 Å². The topological polar surface area (TPSA) is 58.9 Å². The Kier molecular flexibility index (Phi) is 3.46. The lowest BCUT2D eigenvalue weighted by Crippen LogP contribution is -2.48. The number of hydrogen-bond acceptors (Lipinski definition) is 4. The van der Waals surface area contributed by atoms with Crippen molar-refractivity contribution in [3.8, 4) is 0 Å². The first-order valence-electron chi connectivity index (χ1n) is 4.23. The molecule has 1 rings (SSSR count). The summed E-state index contributed by atoms with van der Waals surface area (Å²) in [5, 5.41) is 18.7. The molecular formula is C8H16O4. The molecule has 2 N–H and O–H groups in total. The molecule has 0 saturated carbocycles. The Hall–Kier alpha value is -0.160. The summed E-state index contributed by atoms with van der Waals surface area (Å²) in [5.74, 6) is 0. The normalized spacial score (nSPS) is 43.0. The zero-order chi connectivity index (χ0) is 9.14. The zero-order valence-corrected chi connectivity index (χ0v) is 7.43. The van der Waals surface area contributed by atoms with Gasteiger partial charge in [-0.2, -0.15) is 0 Å². The predicted octanol–water partition coefficient (Wildman–Crippen LogP) is -0.120. The maximum absolute atomic E-state index is 9.37. The van der Waals surface area contributed by atoms with Crippen LogP contribution in [0.5, 0.6) is 0 Å². The van der Waals surface area contributed by atoms with Crippen LogP contribution in [0.2, 0.25) is 0 Å². The number of hydrogen-bond donors (Lipinski definition) is 2. The largest absolute Gasteiger partial charge is 0.390 e. The number of methoxy groups -OCH3 is 1. The van der Waals surface area contributed by atoms with Crippen LogP contribution in [0.1, 0.15) is 19.8 Å². The van der Waals surface area contributed by atoms with Crippen molar-refractivity contribution in [2.75, 3.05) is 7.11 Å². The molecule has 0 aliphatic carbocycles. The van der Waals surface area contributed by atoms with Gasteiger partial charge < -0.3 is 19.7 Å². The number of aliphatic hydroxyl groups excluding tert-OH is 2. The van der Waals surface area contributed by atoms with E-state index < -0.39 is 18.5 Å². The summed E-state index contributed by atoms with van der Waals surface area (Å²) in [6, 6.07) is 0. The fourth-order valence-electron chi connectivity index (χ4n) is 1.37. The molecule has 4 unspecified atom stereocenters. The minimum atomic E-state index is -0.919. The lowest BCUT2D eigenvalue weighted by atomic mass is 10.0. The Bertz CT molecular complexity index is 139. The third-order valence-electron chi connectivity index (χ3n) is 2.19. The maximum atomic E-state index is 9.37. The van der Waals surface area contributed by atoms with Crippen LogP contribution < -0.4 is 0 Å². The smallest absolute Gasteiger partial charge is 0.185 e. The average molecular weight is 176 g/mol. The standard InChI is InChI=1S/C8H16O4/c1-3-5-4-6(9)7(10)8(11-2)12-5/h5-10H,3-4H2,1-2H3. The summed E-state index contributed by atoms with van der Waals surface area (Å²) in [5.41, 5.74) is 0. The molecule has 1 aliphatic heterocycles. The van der Waals surface area contributed by atoms with Crippen molar-refractivity contribution in [2.45, 2.75) is 44.4 Å². The van der Waals surface area contributed by atoms with Gasteiger partial charge in [0.05, 0.1) is 12.2 Å². The fourth-order valence-corrected chi connectivity index (χ4v) is 1.37. The molecule has 0 aromatic heterocycles. The molecule has 4 heteroatoms. The summed E-state index contributed by atoms with van der Waals surface area (Å²) >= 11 is 0. The summed E-state index contributed by atoms with van der Waals surface area (Å²) in [7, 11) is 1.46. The lowest BCUT2D eigenvalue weighted by Gasteiger charge is -2.35. The van der Waals surface area contributed by atoms with E-state index in [4.69, 9.17) is 9.47 Å². The van der Waals surface area contributed by atoms with Crippen LogP contribution in [0.15, 0.2) is 0 Å². The summed E-state index contributed by atoms with van der Waals surface area (Å²) in [6.07, 6.45) is -1.03. The van der Waals surface area contributed by atoms with Crippen LogP contribution in [0.25, 0.3) is 0 Å². The average Bonchev–Trinajstić information content (AvgIpc) is 2.09. The van der Waals surface area contributed by atoms with Gasteiger partial charge >= 0.3 is 0 Å². The zero-order valence-electron chi connectivity index (χ0n) is 7.43. The van der Waals surface area contributed by atoms with Gasteiger partial charge in [0.1, 0.15) is 6.10 Å². The van der Waals surface area contributed by atoms with Gasteiger partial charge in [-0.15, -0.1) is 0 Å². The van der Waals surface area contributed by atoms with Crippen LogP contribution in [-0.4, -0.2) is 41.9 Å². The van der Waals surface area contributed by atoms with Crippen molar-refractivity contribution < 1.29 is 19.7 Å². The van der Waals surface area contributed by atoms with Crippen molar-refractivity contribution in [3.05, 3.63) is 0 Å². The van der Waals surface area contributed by atoms with Gasteiger partial charge in [-0.3, -0.25) is 0 Å². The molecule has 1 fully saturated rings. The molecule has 0 aromatic carbocycles. The quantitative estimate of drug-likeness (QED) is 0.616. The maximum Gasteiger partial charge on any atom is 0.185 e. The summed E-state index contributed by atoms with van der Waals surface area (Å²) in [4.78, 5) is 0. The molecule has 72 valence electrons. The SMILES string of the molecule is CCC1CC(O)C(O)C(OC)O1. The van der Waals surface area contributed by atoms with Gasteiger partial charge in [-0.1, -0.05) is 6.92 Å². The highest BCUT2D eigenvalue weighted by atomic mass is 16.7. The Labute approximate surface area is 72.1 Å². The van der Waals surface area contributed by atoms with E-state index in [1.807, 2.05) is 6.92 Å². The van der Waals surface area contributed by atoms with E-state index in [2.05, 4.69) is 0 Å². The van der Waals surface area contributed by atoms with Gasteiger partial charge in [0, 0.05) is 13.5 Å². The molecule has 4 atom stereocenters. The second-order valence-electron chi connectivity index (χ2n) is 3.06. The molecule has 0 amide bonds. The third-order valence-corrected chi connectivity index (χ3v) is 2.19. The van der Waals surface area contributed by atoms with Gasteiger partial charge in [-0.05, 0) is 6.42 Å². The summed E-state index contributed by atoms with van der Waals surface area (Å²) < 4.78 is 10.2. The minimum Gasteiger partial charge on any atom is -0.390 e. The number of ether oxygens (including phenoxy) is 2. The lowest BCUT2D eigenvalue weighted by molar-refractivity contribution is -0.257. The van der Waals surface area contributed by atoms with E-state index in [-0.39, 0.29) is 6.10 Å². The highest BCUT2D eigenvalue weighted by molar-refractivity contribution is 4.80. The molecule has 1 aliphatic rings. The van der Waals surface area contributed by atoms with Crippen molar-refractivity contribution in [3.63, 3.8) is 0 Å². The highest BCUT2D eigenvalue weighted by Crippen LogP contribution is 2.22. The Morgan fingerprint density at radius 2 is 2.17 bits per heavy atom. The van der Waals surface area contributed by atoms with E-state index in [0.717, 1.165) is 6.42 Å². The molecule has 1 heterocycles. The van der Waals surface area contributed by atoms with Crippen LogP contribution >= 0.6 is 0 Å². The molecule has 0 radical (unpaired) electrons. The van der Waals surface area contributed by atoms with Crippen molar-refractivity contribution in [1.29, 1.82) is 0 Å². The Balaban J connectivity index is 2.52. The molecule has 0 spiro atoms. The van der Waals surface area contributed by atoms with E-state index in [9.17, 15) is 10.2 Å². The highest BCUT2D eigenvalue weighted by Gasteiger charge is 2.35. The molecule has 12 heavy (non-hydrogen) atoms.